The number of hydrogen-bond acceptors (Lipinski definition) is 4. The van der Waals surface area contributed by atoms with E-state index in [1.807, 2.05) is 43.3 Å². The number of nitrogens with one attached hydrogen (secondary N) is 1. The second-order valence-corrected chi connectivity index (χ2v) is 5.69. The van der Waals surface area contributed by atoms with E-state index in [1.54, 1.807) is 7.11 Å². The van der Waals surface area contributed by atoms with Gasteiger partial charge in [-0.25, -0.2) is 4.98 Å². The van der Waals surface area contributed by atoms with Gasteiger partial charge in [0.05, 0.1) is 24.8 Å². The average molecular weight is 325 g/mol. The van der Waals surface area contributed by atoms with Crippen LogP contribution >= 0.6 is 0 Å². The number of ether oxygens (including phenoxy) is 2. The van der Waals surface area contributed by atoms with Gasteiger partial charge in [-0.3, -0.25) is 0 Å². The lowest BCUT2D eigenvalue weighted by Crippen LogP contribution is -2.16. The lowest BCUT2D eigenvalue weighted by molar-refractivity contribution is 0.310. The van der Waals surface area contributed by atoms with Gasteiger partial charge in [-0.15, -0.1) is 0 Å². The van der Waals surface area contributed by atoms with Crippen molar-refractivity contribution in [1.82, 2.24) is 9.97 Å². The van der Waals surface area contributed by atoms with Crippen LogP contribution in [0.15, 0.2) is 42.5 Å². The van der Waals surface area contributed by atoms with Gasteiger partial charge in [0.25, 0.3) is 0 Å². The summed E-state index contributed by atoms with van der Waals surface area (Å²) in [6, 6.07) is 14.0. The van der Waals surface area contributed by atoms with Crippen LogP contribution in [0, 0.1) is 0 Å². The van der Waals surface area contributed by atoms with E-state index in [0.717, 1.165) is 40.3 Å². The van der Waals surface area contributed by atoms with Crippen LogP contribution in [-0.2, 0) is 6.42 Å². The number of aromatic nitrogens is 2. The fourth-order valence-electron chi connectivity index (χ4n) is 2.86. The molecule has 3 N–H and O–H groups in total. The number of hydrogen-bond donors (Lipinski definition) is 2. The van der Waals surface area contributed by atoms with Crippen LogP contribution in [0.1, 0.15) is 24.2 Å². The van der Waals surface area contributed by atoms with Gasteiger partial charge in [0.15, 0.2) is 11.5 Å². The number of H-pyrrole nitrogens is 1. The van der Waals surface area contributed by atoms with Crippen LogP contribution in [0.3, 0.4) is 0 Å². The molecule has 0 fully saturated rings. The van der Waals surface area contributed by atoms with E-state index in [0.29, 0.717) is 13.2 Å². The van der Waals surface area contributed by atoms with E-state index >= 15 is 0 Å². The van der Waals surface area contributed by atoms with Crippen molar-refractivity contribution >= 4 is 11.0 Å². The quantitative estimate of drug-likeness (QED) is 0.699. The molecule has 126 valence electrons. The topological polar surface area (TPSA) is 73.2 Å². The third-order valence-corrected chi connectivity index (χ3v) is 4.09. The SMILES string of the molecule is CCOc1ccc(CC(CN)c2nc3ccccc3[nH]2)cc1OC. The molecule has 0 radical (unpaired) electrons. The highest BCUT2D eigenvalue weighted by Crippen LogP contribution is 2.30. The van der Waals surface area contributed by atoms with Crippen molar-refractivity contribution in [3.05, 3.63) is 53.9 Å². The normalized spacial score (nSPS) is 12.3. The summed E-state index contributed by atoms with van der Waals surface area (Å²) in [4.78, 5) is 8.06. The molecule has 0 bridgehead atoms. The molecule has 0 saturated heterocycles. The van der Waals surface area contributed by atoms with E-state index < -0.39 is 0 Å². The molecular weight excluding hydrogens is 302 g/mol. The molecule has 0 amide bonds. The number of nitrogens with two attached hydrogens (primary N) is 1. The molecule has 1 unspecified atom stereocenters. The van der Waals surface area contributed by atoms with Gasteiger partial charge in [0.1, 0.15) is 5.82 Å². The number of rotatable bonds is 7. The average Bonchev–Trinajstić information content (AvgIpc) is 3.04. The Balaban J connectivity index is 1.84. The number of benzene rings is 2. The van der Waals surface area contributed by atoms with Crippen LogP contribution < -0.4 is 15.2 Å². The second-order valence-electron chi connectivity index (χ2n) is 5.69. The first-order valence-electron chi connectivity index (χ1n) is 8.19. The van der Waals surface area contributed by atoms with Crippen molar-refractivity contribution in [3.8, 4) is 11.5 Å². The Kier molecular flexibility index (Phi) is 5.01. The second kappa shape index (κ2) is 7.36. The summed E-state index contributed by atoms with van der Waals surface area (Å²) in [6.07, 6.45) is 0.791. The third kappa shape index (κ3) is 3.36. The maximum absolute atomic E-state index is 6.01. The molecule has 5 heteroatoms. The van der Waals surface area contributed by atoms with Crippen molar-refractivity contribution in [2.75, 3.05) is 20.3 Å². The Bertz CT molecular complexity index is 780. The van der Waals surface area contributed by atoms with E-state index in [-0.39, 0.29) is 5.92 Å². The maximum Gasteiger partial charge on any atom is 0.161 e. The lowest BCUT2D eigenvalue weighted by atomic mass is 9.98. The number of imidazole rings is 1. The minimum absolute atomic E-state index is 0.125. The molecule has 0 aliphatic carbocycles. The molecule has 0 aliphatic heterocycles. The Morgan fingerprint density at radius 3 is 2.71 bits per heavy atom. The summed E-state index contributed by atoms with van der Waals surface area (Å²) >= 11 is 0. The third-order valence-electron chi connectivity index (χ3n) is 4.09. The standard InChI is InChI=1S/C19H23N3O2/c1-3-24-17-9-8-13(11-18(17)23-2)10-14(12-20)19-21-15-6-4-5-7-16(15)22-19/h4-9,11,14H,3,10,12,20H2,1-2H3,(H,21,22). The fourth-order valence-corrected chi connectivity index (χ4v) is 2.86. The van der Waals surface area contributed by atoms with Gasteiger partial charge >= 0.3 is 0 Å². The smallest absolute Gasteiger partial charge is 0.161 e. The van der Waals surface area contributed by atoms with Crippen molar-refractivity contribution in [1.29, 1.82) is 0 Å². The van der Waals surface area contributed by atoms with Gasteiger partial charge in [-0.2, -0.15) is 0 Å². The van der Waals surface area contributed by atoms with Crippen LogP contribution in [0.25, 0.3) is 11.0 Å². The highest BCUT2D eigenvalue weighted by molar-refractivity contribution is 5.74. The first-order valence-corrected chi connectivity index (χ1v) is 8.19. The minimum Gasteiger partial charge on any atom is -0.493 e. The Hall–Kier alpha value is -2.53. The minimum atomic E-state index is 0.125. The van der Waals surface area contributed by atoms with Gasteiger partial charge in [0, 0.05) is 12.5 Å². The summed E-state index contributed by atoms with van der Waals surface area (Å²) in [6.45, 7) is 3.09. The Labute approximate surface area is 141 Å². The van der Waals surface area contributed by atoms with Crippen LogP contribution in [0.4, 0.5) is 0 Å². The largest absolute Gasteiger partial charge is 0.493 e. The summed E-state index contributed by atoms with van der Waals surface area (Å²) in [5.41, 5.74) is 9.16. The first kappa shape index (κ1) is 16.3. The van der Waals surface area contributed by atoms with Crippen LogP contribution in [-0.4, -0.2) is 30.2 Å². The molecule has 24 heavy (non-hydrogen) atoms. The van der Waals surface area contributed by atoms with Gasteiger partial charge in [-0.05, 0) is 43.2 Å². The summed E-state index contributed by atoms with van der Waals surface area (Å²) in [5, 5.41) is 0. The van der Waals surface area contributed by atoms with Crippen molar-refractivity contribution in [2.45, 2.75) is 19.3 Å². The molecule has 1 heterocycles. The van der Waals surface area contributed by atoms with Crippen molar-refractivity contribution in [2.24, 2.45) is 5.73 Å². The van der Waals surface area contributed by atoms with Crippen LogP contribution in [0.2, 0.25) is 0 Å². The van der Waals surface area contributed by atoms with E-state index in [9.17, 15) is 0 Å². The number of aromatic amines is 1. The number of nitrogens with zero attached hydrogens (tertiary/aromatic N) is 1. The molecule has 3 rings (SSSR count). The zero-order valence-corrected chi connectivity index (χ0v) is 14.1. The van der Waals surface area contributed by atoms with Crippen molar-refractivity contribution < 1.29 is 9.47 Å². The molecule has 3 aromatic rings. The van der Waals surface area contributed by atoms with Gasteiger partial charge in [-0.1, -0.05) is 18.2 Å². The Morgan fingerprint density at radius 1 is 1.17 bits per heavy atom. The molecule has 0 spiro atoms. The monoisotopic (exact) mass is 325 g/mol. The van der Waals surface area contributed by atoms with Gasteiger partial charge in [0.2, 0.25) is 0 Å². The maximum atomic E-state index is 6.01. The van der Waals surface area contributed by atoms with E-state index in [2.05, 4.69) is 16.0 Å². The highest BCUT2D eigenvalue weighted by Gasteiger charge is 2.16. The highest BCUT2D eigenvalue weighted by atomic mass is 16.5. The van der Waals surface area contributed by atoms with E-state index in [4.69, 9.17) is 15.2 Å². The predicted molar refractivity (Wildman–Crippen MR) is 95.8 cm³/mol. The number of fused-ring (bicyclic) bond motifs is 1. The summed E-state index contributed by atoms with van der Waals surface area (Å²) < 4.78 is 11.0. The first-order chi connectivity index (χ1) is 11.7. The summed E-state index contributed by atoms with van der Waals surface area (Å²) in [7, 11) is 1.65. The zero-order valence-electron chi connectivity index (χ0n) is 14.1. The lowest BCUT2D eigenvalue weighted by Gasteiger charge is -2.15. The number of methoxy groups -OCH3 is 1. The van der Waals surface area contributed by atoms with Crippen LogP contribution in [0.5, 0.6) is 11.5 Å². The summed E-state index contributed by atoms with van der Waals surface area (Å²) in [5.74, 6) is 2.55. The predicted octanol–water partition coefficient (Wildman–Crippen LogP) is 3.26. The van der Waals surface area contributed by atoms with Crippen molar-refractivity contribution in [3.63, 3.8) is 0 Å². The molecular formula is C19H23N3O2. The molecule has 0 aliphatic rings. The number of para-hydroxylation sites is 2. The molecule has 0 saturated carbocycles. The Morgan fingerprint density at radius 2 is 2.00 bits per heavy atom. The molecule has 1 atom stereocenters. The fraction of sp³-hybridized carbons (Fsp3) is 0.316. The zero-order chi connectivity index (χ0) is 16.9. The molecule has 2 aromatic carbocycles. The molecule has 5 nitrogen and oxygen atoms in total. The molecule has 1 aromatic heterocycles. The van der Waals surface area contributed by atoms with E-state index in [1.165, 1.54) is 0 Å². The van der Waals surface area contributed by atoms with Gasteiger partial charge < -0.3 is 20.2 Å².